The fourth-order valence-corrected chi connectivity index (χ4v) is 2.57. The van der Waals surface area contributed by atoms with Crippen molar-refractivity contribution in [1.29, 1.82) is 0 Å². The van der Waals surface area contributed by atoms with E-state index in [1.165, 1.54) is 81.8 Å². The molecule has 1 heteroatoms. The van der Waals surface area contributed by atoms with Crippen LogP contribution in [0.4, 0.5) is 0 Å². The quantitative estimate of drug-likeness (QED) is 0.300. The highest BCUT2D eigenvalue weighted by Gasteiger charge is 2.14. The lowest BCUT2D eigenvalue weighted by Gasteiger charge is -2.30. The zero-order valence-electron chi connectivity index (χ0n) is 14.5. The van der Waals surface area contributed by atoms with Gasteiger partial charge in [0.15, 0.2) is 0 Å². The Labute approximate surface area is 123 Å². The smallest absolute Gasteiger partial charge is 0.0784 e. The van der Waals surface area contributed by atoms with Gasteiger partial charge in [0.2, 0.25) is 0 Å². The second-order valence-corrected chi connectivity index (χ2v) is 7.39. The van der Waals surface area contributed by atoms with Gasteiger partial charge in [-0.25, -0.2) is 0 Å². The average Bonchev–Trinajstić information content (AvgIpc) is 2.34. The van der Waals surface area contributed by atoms with Gasteiger partial charge in [-0.1, -0.05) is 65.7 Å². The van der Waals surface area contributed by atoms with E-state index in [9.17, 15) is 0 Å². The number of hydrogen-bond donors (Lipinski definition) is 0. The minimum Gasteiger partial charge on any atom is -0.328 e. The van der Waals surface area contributed by atoms with Crippen molar-refractivity contribution in [3.63, 3.8) is 0 Å². The molecule has 0 bridgehead atoms. The predicted molar refractivity (Wildman–Crippen MR) is 88.5 cm³/mol. The van der Waals surface area contributed by atoms with Crippen LogP contribution in [0, 0.1) is 5.92 Å². The van der Waals surface area contributed by atoms with Crippen LogP contribution in [0.5, 0.6) is 0 Å². The lowest BCUT2D eigenvalue weighted by atomic mass is 10.1. The van der Waals surface area contributed by atoms with Gasteiger partial charge < -0.3 is 4.48 Å². The van der Waals surface area contributed by atoms with Gasteiger partial charge in [0.05, 0.1) is 27.2 Å². The minimum atomic E-state index is 0.848. The maximum atomic E-state index is 2.40. The van der Waals surface area contributed by atoms with Gasteiger partial charge in [-0.3, -0.25) is 0 Å². The topological polar surface area (TPSA) is 0 Å². The van der Waals surface area contributed by atoms with Crippen LogP contribution in [0.25, 0.3) is 0 Å². The van der Waals surface area contributed by atoms with Crippen LogP contribution >= 0.6 is 0 Å². The van der Waals surface area contributed by atoms with Crippen LogP contribution < -0.4 is 0 Å². The third-order valence-corrected chi connectivity index (χ3v) is 4.18. The Bertz CT molecular complexity index is 184. The lowest BCUT2D eigenvalue weighted by Crippen LogP contribution is -2.41. The van der Waals surface area contributed by atoms with Crippen molar-refractivity contribution in [2.24, 2.45) is 5.92 Å². The molecule has 0 heterocycles. The Morgan fingerprint density at radius 1 is 0.684 bits per heavy atom. The third kappa shape index (κ3) is 14.2. The molecule has 0 saturated heterocycles. The second kappa shape index (κ2) is 11.8. The van der Waals surface area contributed by atoms with E-state index in [4.69, 9.17) is 0 Å². The van der Waals surface area contributed by atoms with Crippen LogP contribution in [0.15, 0.2) is 0 Å². The molecule has 0 aromatic heterocycles. The van der Waals surface area contributed by atoms with E-state index in [-0.39, 0.29) is 0 Å². The minimum absolute atomic E-state index is 0.848. The van der Waals surface area contributed by atoms with Crippen LogP contribution in [-0.2, 0) is 0 Å². The maximum Gasteiger partial charge on any atom is 0.0784 e. The summed E-state index contributed by atoms with van der Waals surface area (Å²) in [6.45, 7) is 9.66. The monoisotopic (exact) mass is 270 g/mol. The van der Waals surface area contributed by atoms with E-state index >= 15 is 0 Å². The molecule has 0 aliphatic carbocycles. The molecule has 0 rings (SSSR count). The second-order valence-electron chi connectivity index (χ2n) is 7.39. The van der Waals surface area contributed by atoms with Crippen LogP contribution in [0.3, 0.4) is 0 Å². The van der Waals surface area contributed by atoms with Gasteiger partial charge in [-0.05, 0) is 25.2 Å². The number of hydrogen-bond acceptors (Lipinski definition) is 0. The summed E-state index contributed by atoms with van der Waals surface area (Å²) in [7, 11) is 4.79. The molecule has 0 unspecified atom stereocenters. The summed E-state index contributed by atoms with van der Waals surface area (Å²) >= 11 is 0. The molecule has 0 saturated carbocycles. The Morgan fingerprint density at radius 2 is 1.16 bits per heavy atom. The van der Waals surface area contributed by atoms with E-state index in [0.29, 0.717) is 0 Å². The first-order valence-corrected chi connectivity index (χ1v) is 8.80. The largest absolute Gasteiger partial charge is 0.328 e. The standard InChI is InChI=1S/C18H40N/c1-6-7-8-9-10-11-12-13-14-16-19(4,5)17-15-18(2)3/h18H,6-17H2,1-5H3/q+1. The predicted octanol–water partition coefficient (Wildman–Crippen LogP) is 5.64. The summed E-state index contributed by atoms with van der Waals surface area (Å²) in [6, 6.07) is 0. The fraction of sp³-hybridized carbons (Fsp3) is 1.00. The van der Waals surface area contributed by atoms with Crippen LogP contribution in [0.1, 0.15) is 85.0 Å². The first kappa shape index (κ1) is 19.0. The molecular weight excluding hydrogens is 230 g/mol. The van der Waals surface area contributed by atoms with E-state index in [0.717, 1.165) is 5.92 Å². The lowest BCUT2D eigenvalue weighted by molar-refractivity contribution is -0.891. The van der Waals surface area contributed by atoms with E-state index in [1.54, 1.807) is 0 Å². The summed E-state index contributed by atoms with van der Waals surface area (Å²) in [4.78, 5) is 0. The summed E-state index contributed by atoms with van der Waals surface area (Å²) in [6.07, 6.45) is 14.3. The molecule has 0 aliphatic heterocycles. The molecule has 0 radical (unpaired) electrons. The molecule has 0 N–H and O–H groups in total. The SMILES string of the molecule is CCCCCCCCCCC[N+](C)(C)CCC(C)C. The van der Waals surface area contributed by atoms with Crippen molar-refractivity contribution in [2.75, 3.05) is 27.2 Å². The Balaban J connectivity index is 3.32. The average molecular weight is 271 g/mol. The molecule has 0 spiro atoms. The number of unbranched alkanes of at least 4 members (excludes halogenated alkanes) is 8. The molecule has 0 fully saturated rings. The highest BCUT2D eigenvalue weighted by atomic mass is 15.3. The van der Waals surface area contributed by atoms with Crippen LogP contribution in [-0.4, -0.2) is 31.7 Å². The highest BCUT2D eigenvalue weighted by Crippen LogP contribution is 2.12. The maximum absolute atomic E-state index is 2.40. The molecule has 0 aromatic rings. The van der Waals surface area contributed by atoms with E-state index in [1.807, 2.05) is 0 Å². The van der Waals surface area contributed by atoms with Gasteiger partial charge in [0.1, 0.15) is 0 Å². The number of nitrogens with zero attached hydrogens (tertiary/aromatic N) is 1. The normalized spacial score (nSPS) is 12.3. The van der Waals surface area contributed by atoms with Gasteiger partial charge in [0.25, 0.3) is 0 Å². The molecular formula is C18H40N+. The Hall–Kier alpha value is -0.0400. The van der Waals surface area contributed by atoms with Gasteiger partial charge in [-0.15, -0.1) is 0 Å². The van der Waals surface area contributed by atoms with Crippen molar-refractivity contribution >= 4 is 0 Å². The number of quaternary nitrogens is 1. The molecule has 0 amide bonds. The first-order valence-electron chi connectivity index (χ1n) is 8.80. The molecule has 0 aliphatic rings. The molecule has 19 heavy (non-hydrogen) atoms. The summed E-state index contributed by atoms with van der Waals surface area (Å²) < 4.78 is 1.22. The van der Waals surface area contributed by atoms with Crippen LogP contribution in [0.2, 0.25) is 0 Å². The summed E-state index contributed by atoms with van der Waals surface area (Å²) in [5.74, 6) is 0.848. The molecule has 116 valence electrons. The van der Waals surface area contributed by atoms with E-state index in [2.05, 4.69) is 34.9 Å². The third-order valence-electron chi connectivity index (χ3n) is 4.18. The van der Waals surface area contributed by atoms with Gasteiger partial charge >= 0.3 is 0 Å². The molecule has 0 atom stereocenters. The Morgan fingerprint density at radius 3 is 1.63 bits per heavy atom. The molecule has 1 nitrogen and oxygen atoms in total. The number of rotatable bonds is 13. The first-order chi connectivity index (χ1) is 8.98. The van der Waals surface area contributed by atoms with Crippen molar-refractivity contribution in [2.45, 2.75) is 85.0 Å². The molecule has 0 aromatic carbocycles. The van der Waals surface area contributed by atoms with Gasteiger partial charge in [0, 0.05) is 0 Å². The van der Waals surface area contributed by atoms with Crippen molar-refractivity contribution in [1.82, 2.24) is 0 Å². The van der Waals surface area contributed by atoms with Crippen molar-refractivity contribution in [3.8, 4) is 0 Å². The van der Waals surface area contributed by atoms with Crippen molar-refractivity contribution < 1.29 is 4.48 Å². The van der Waals surface area contributed by atoms with Gasteiger partial charge in [-0.2, -0.15) is 0 Å². The zero-order valence-corrected chi connectivity index (χ0v) is 14.5. The highest BCUT2D eigenvalue weighted by molar-refractivity contribution is 4.48. The summed E-state index contributed by atoms with van der Waals surface area (Å²) in [5.41, 5.74) is 0. The van der Waals surface area contributed by atoms with Crippen molar-refractivity contribution in [3.05, 3.63) is 0 Å². The van der Waals surface area contributed by atoms with E-state index < -0.39 is 0 Å². The summed E-state index contributed by atoms with van der Waals surface area (Å²) in [5, 5.41) is 0. The Kier molecular flexibility index (Phi) is 11.7. The fourth-order valence-electron chi connectivity index (χ4n) is 2.57. The zero-order chi connectivity index (χ0) is 14.6.